The predicted molar refractivity (Wildman–Crippen MR) is 249 cm³/mol. The second-order valence-corrected chi connectivity index (χ2v) is 16.0. The van der Waals surface area contributed by atoms with Crippen LogP contribution in [-0.2, 0) is 0 Å². The Kier molecular flexibility index (Phi) is 13.2. The average Bonchev–Trinajstić information content (AvgIpc) is 3.26. The first kappa shape index (κ1) is 40.9. The summed E-state index contributed by atoms with van der Waals surface area (Å²) in [6.07, 6.45) is 0. The van der Waals surface area contributed by atoms with Crippen LogP contribution in [0.3, 0.4) is 0 Å². The Labute approximate surface area is 358 Å². The van der Waals surface area contributed by atoms with Gasteiger partial charge in [-0.2, -0.15) is 0 Å². The second kappa shape index (κ2) is 19.4. The maximum absolute atomic E-state index is 3.78. The standard InChI is InChI=1S/C60H48/c1-43-7-19-49(20-8-43)31-37-55-56(38-32-50-21-9-44(2)10-22-50)58(40-34-52-25-13-46(4)14-26-52)60(42-36-54-29-17-48(6)18-30-54)59(41-35-53-27-15-47(5)16-28-53)57(55)39-33-51-23-11-45(3)12-24-51/h7-30,55-60H,1-6H3. The zero-order chi connectivity index (χ0) is 41.8. The Morgan fingerprint density at radius 1 is 0.200 bits per heavy atom. The van der Waals surface area contributed by atoms with Gasteiger partial charge in [0.05, 0.1) is 35.5 Å². The Bertz CT molecular complexity index is 2280. The third-order valence-electron chi connectivity index (χ3n) is 10.9. The van der Waals surface area contributed by atoms with Gasteiger partial charge in [-0.15, -0.1) is 0 Å². The number of hydrogen-bond acceptors (Lipinski definition) is 0. The molecule has 0 heteroatoms. The van der Waals surface area contributed by atoms with Crippen LogP contribution in [0.2, 0.25) is 0 Å². The first-order valence-electron chi connectivity index (χ1n) is 20.7. The van der Waals surface area contributed by atoms with Crippen LogP contribution < -0.4 is 0 Å². The van der Waals surface area contributed by atoms with Crippen molar-refractivity contribution in [3.63, 3.8) is 0 Å². The number of hydrogen-bond donors (Lipinski definition) is 0. The Morgan fingerprint density at radius 2 is 0.317 bits per heavy atom. The molecule has 0 N–H and O–H groups in total. The van der Waals surface area contributed by atoms with Crippen LogP contribution in [0, 0.1) is 148 Å². The van der Waals surface area contributed by atoms with Crippen molar-refractivity contribution < 1.29 is 0 Å². The lowest BCUT2D eigenvalue weighted by molar-refractivity contribution is 0.159. The largest absolute Gasteiger partial charge is 0.0918 e. The number of aryl methyl sites for hydroxylation is 6. The van der Waals surface area contributed by atoms with Gasteiger partial charge in [0, 0.05) is 33.4 Å². The topological polar surface area (TPSA) is 0 Å². The van der Waals surface area contributed by atoms with E-state index in [0.717, 1.165) is 33.4 Å². The Hall–Kier alpha value is -7.32. The van der Waals surface area contributed by atoms with E-state index in [-0.39, 0.29) is 35.5 Å². The molecule has 7 rings (SSSR count). The van der Waals surface area contributed by atoms with Crippen LogP contribution in [0.1, 0.15) is 66.8 Å². The predicted octanol–water partition coefficient (Wildman–Crippen LogP) is 11.9. The summed E-state index contributed by atoms with van der Waals surface area (Å²) in [4.78, 5) is 0. The van der Waals surface area contributed by atoms with Crippen molar-refractivity contribution in [1.29, 1.82) is 0 Å². The van der Waals surface area contributed by atoms with Crippen molar-refractivity contribution >= 4 is 0 Å². The van der Waals surface area contributed by atoms with E-state index >= 15 is 0 Å². The molecule has 0 aromatic heterocycles. The Balaban J connectivity index is 1.51. The van der Waals surface area contributed by atoms with Gasteiger partial charge in [-0.05, 0) is 114 Å². The molecule has 0 aliphatic heterocycles. The average molecular weight is 769 g/mol. The van der Waals surface area contributed by atoms with Crippen molar-refractivity contribution in [2.75, 3.05) is 0 Å². The van der Waals surface area contributed by atoms with Crippen molar-refractivity contribution in [2.24, 2.45) is 35.5 Å². The molecule has 1 aliphatic carbocycles. The summed E-state index contributed by atoms with van der Waals surface area (Å²) >= 11 is 0. The smallest absolute Gasteiger partial charge is 0.0507 e. The minimum Gasteiger partial charge on any atom is -0.0918 e. The van der Waals surface area contributed by atoms with Crippen molar-refractivity contribution in [1.82, 2.24) is 0 Å². The molecule has 0 nitrogen and oxygen atoms in total. The molecule has 1 saturated carbocycles. The van der Waals surface area contributed by atoms with Gasteiger partial charge in [-0.3, -0.25) is 0 Å². The van der Waals surface area contributed by atoms with E-state index in [1.54, 1.807) is 0 Å². The molecule has 1 aliphatic rings. The van der Waals surface area contributed by atoms with Gasteiger partial charge in [-0.1, -0.05) is 177 Å². The molecular weight excluding hydrogens is 721 g/mol. The van der Waals surface area contributed by atoms with Crippen LogP contribution >= 0.6 is 0 Å². The molecule has 0 atom stereocenters. The zero-order valence-corrected chi connectivity index (χ0v) is 35.3. The zero-order valence-electron chi connectivity index (χ0n) is 35.3. The summed E-state index contributed by atoms with van der Waals surface area (Å²) in [5, 5.41) is 0. The minimum absolute atomic E-state index is 0.311. The summed E-state index contributed by atoms with van der Waals surface area (Å²) in [6.45, 7) is 12.6. The molecule has 288 valence electrons. The van der Waals surface area contributed by atoms with E-state index in [1.165, 1.54) is 33.4 Å². The normalized spacial score (nSPS) is 18.7. The maximum Gasteiger partial charge on any atom is 0.0507 e. The van der Waals surface area contributed by atoms with E-state index in [2.05, 4.69) is 258 Å². The third-order valence-corrected chi connectivity index (χ3v) is 10.9. The molecule has 6 aromatic carbocycles. The van der Waals surface area contributed by atoms with Gasteiger partial charge in [0.1, 0.15) is 0 Å². The van der Waals surface area contributed by atoms with E-state index in [4.69, 9.17) is 0 Å². The lowest BCUT2D eigenvalue weighted by Crippen LogP contribution is -2.44. The van der Waals surface area contributed by atoms with Gasteiger partial charge in [0.25, 0.3) is 0 Å². The lowest BCUT2D eigenvalue weighted by atomic mass is 9.57. The molecule has 0 amide bonds. The molecule has 60 heavy (non-hydrogen) atoms. The molecule has 0 heterocycles. The van der Waals surface area contributed by atoms with Crippen molar-refractivity contribution in [2.45, 2.75) is 41.5 Å². The fourth-order valence-electron chi connectivity index (χ4n) is 7.24. The van der Waals surface area contributed by atoms with E-state index in [9.17, 15) is 0 Å². The summed E-state index contributed by atoms with van der Waals surface area (Å²) < 4.78 is 0. The summed E-state index contributed by atoms with van der Waals surface area (Å²) in [6, 6.07) is 50.3. The van der Waals surface area contributed by atoms with Gasteiger partial charge in [0.2, 0.25) is 0 Å². The van der Waals surface area contributed by atoms with Gasteiger partial charge < -0.3 is 0 Å². The quantitative estimate of drug-likeness (QED) is 0.135. The fraction of sp³-hybridized carbons (Fsp3) is 0.200. The third kappa shape index (κ3) is 11.0. The van der Waals surface area contributed by atoms with Crippen LogP contribution in [0.4, 0.5) is 0 Å². The molecule has 6 aromatic rings. The highest BCUT2D eigenvalue weighted by atomic mass is 14.5. The van der Waals surface area contributed by atoms with E-state index in [1.807, 2.05) is 0 Å². The van der Waals surface area contributed by atoms with E-state index < -0.39 is 0 Å². The molecule has 0 bridgehead atoms. The van der Waals surface area contributed by atoms with Crippen LogP contribution in [0.25, 0.3) is 0 Å². The monoisotopic (exact) mass is 768 g/mol. The molecular formula is C60H48. The van der Waals surface area contributed by atoms with Gasteiger partial charge >= 0.3 is 0 Å². The summed E-state index contributed by atoms with van der Waals surface area (Å²) in [5.74, 6) is 42.3. The number of benzene rings is 6. The lowest BCUT2D eigenvalue weighted by Gasteiger charge is -2.42. The first-order valence-corrected chi connectivity index (χ1v) is 20.7. The van der Waals surface area contributed by atoms with Crippen molar-refractivity contribution in [3.8, 4) is 71.0 Å². The number of rotatable bonds is 0. The van der Waals surface area contributed by atoms with Crippen LogP contribution in [0.5, 0.6) is 0 Å². The maximum atomic E-state index is 3.78. The molecule has 0 spiro atoms. The molecule has 0 radical (unpaired) electrons. The van der Waals surface area contributed by atoms with Crippen LogP contribution in [-0.4, -0.2) is 0 Å². The van der Waals surface area contributed by atoms with Crippen molar-refractivity contribution in [3.05, 3.63) is 212 Å². The van der Waals surface area contributed by atoms with E-state index in [0.29, 0.717) is 0 Å². The summed E-state index contributed by atoms with van der Waals surface area (Å²) in [5.41, 5.74) is 12.8. The molecule has 0 unspecified atom stereocenters. The van der Waals surface area contributed by atoms with Gasteiger partial charge in [-0.25, -0.2) is 0 Å². The highest BCUT2D eigenvalue weighted by Gasteiger charge is 2.48. The SMILES string of the molecule is Cc1ccc(C#CC2C(C#Cc3ccc(C)cc3)C(C#Cc3ccc(C)cc3)C(C#Cc3ccc(C)cc3)C(C#Cc3ccc(C)cc3)C2C#Cc2ccc(C)cc2)cc1. The van der Waals surface area contributed by atoms with Gasteiger partial charge in [0.15, 0.2) is 0 Å². The highest BCUT2D eigenvalue weighted by Crippen LogP contribution is 2.46. The second-order valence-electron chi connectivity index (χ2n) is 16.0. The highest BCUT2D eigenvalue weighted by molar-refractivity contribution is 5.48. The fourth-order valence-corrected chi connectivity index (χ4v) is 7.24. The Morgan fingerprint density at radius 3 is 0.433 bits per heavy atom. The molecule has 0 saturated heterocycles. The summed E-state index contributed by atoms with van der Waals surface area (Å²) in [7, 11) is 0. The first-order chi connectivity index (χ1) is 29.2. The van der Waals surface area contributed by atoms with Crippen LogP contribution in [0.15, 0.2) is 146 Å². The minimum atomic E-state index is -0.311. The molecule has 1 fully saturated rings.